The number of carbonyl (C=O) groups excluding carboxylic acids is 2. The van der Waals surface area contributed by atoms with Gasteiger partial charge in [0.1, 0.15) is 17.0 Å². The number of alkyl carbamates (subject to hydrolysis) is 1. The fourth-order valence-corrected chi connectivity index (χ4v) is 6.64. The van der Waals surface area contributed by atoms with E-state index in [2.05, 4.69) is 10.6 Å². The number of nitrogens with two attached hydrogens (primary N) is 1. The summed E-state index contributed by atoms with van der Waals surface area (Å²) in [7, 11) is -0.203. The number of benzene rings is 3. The molecule has 0 aliphatic heterocycles. The minimum Gasteiger partial charge on any atom is -0.453 e. The van der Waals surface area contributed by atoms with Gasteiger partial charge in [-0.05, 0) is 75.4 Å². The molecule has 4 atom stereocenters. The normalized spacial score (nSPS) is 14.2. The molecule has 0 heterocycles. The standard InChI is InChI=1S/C33H44N4O5S/c1-23(2)37(43(41)29-20-18-27(34)19-21-29)28(22-38)17-11-12-24(3)35-32(39)31(36-33(40)42-4)30(25-13-7-5-8-14-25)26-15-9-6-10-16-26/h5-10,13-16,18-21,23-24,28,30-31,38H,11-12,17,22,34H2,1-4H3,(H,35,39)(H,36,40). The lowest BCUT2D eigenvalue weighted by Gasteiger charge is -2.33. The highest BCUT2D eigenvalue weighted by molar-refractivity contribution is 7.82. The molecule has 43 heavy (non-hydrogen) atoms. The predicted octanol–water partition coefficient (Wildman–Crippen LogP) is 4.59. The molecule has 0 bridgehead atoms. The Morgan fingerprint density at radius 3 is 1.93 bits per heavy atom. The molecular formula is C33H44N4O5S. The van der Waals surface area contributed by atoms with Crippen LogP contribution in [0, 0.1) is 0 Å². The summed E-state index contributed by atoms with van der Waals surface area (Å²) in [5, 5.41) is 16.1. The van der Waals surface area contributed by atoms with Gasteiger partial charge in [0.15, 0.2) is 0 Å². The second-order valence-electron chi connectivity index (χ2n) is 10.9. The Hall–Kier alpha value is -3.73. The number of anilines is 1. The molecule has 0 radical (unpaired) electrons. The van der Waals surface area contributed by atoms with Gasteiger partial charge in [0.25, 0.3) is 0 Å². The van der Waals surface area contributed by atoms with Crippen molar-refractivity contribution >= 4 is 28.7 Å². The van der Waals surface area contributed by atoms with Crippen LogP contribution in [0.1, 0.15) is 57.1 Å². The van der Waals surface area contributed by atoms with Gasteiger partial charge in [-0.2, -0.15) is 0 Å². The number of carbonyl (C=O) groups is 2. The Kier molecular flexibility index (Phi) is 13.2. The van der Waals surface area contributed by atoms with Crippen LogP contribution in [0.4, 0.5) is 10.5 Å². The highest BCUT2D eigenvalue weighted by Gasteiger charge is 2.33. The van der Waals surface area contributed by atoms with Gasteiger partial charge >= 0.3 is 6.09 Å². The van der Waals surface area contributed by atoms with Crippen molar-refractivity contribution in [2.45, 2.75) is 75.0 Å². The maximum absolute atomic E-state index is 13.7. The lowest BCUT2D eigenvalue weighted by Crippen LogP contribution is -2.52. The first-order valence-electron chi connectivity index (χ1n) is 14.6. The van der Waals surface area contributed by atoms with Crippen molar-refractivity contribution in [3.8, 4) is 0 Å². The van der Waals surface area contributed by atoms with Gasteiger partial charge in [0.2, 0.25) is 5.91 Å². The number of aliphatic hydroxyl groups is 1. The summed E-state index contributed by atoms with van der Waals surface area (Å²) >= 11 is 0. The zero-order valence-electron chi connectivity index (χ0n) is 25.3. The van der Waals surface area contributed by atoms with Gasteiger partial charge < -0.3 is 26.2 Å². The summed E-state index contributed by atoms with van der Waals surface area (Å²) < 4.78 is 20.1. The predicted molar refractivity (Wildman–Crippen MR) is 171 cm³/mol. The molecule has 10 heteroatoms. The van der Waals surface area contributed by atoms with Crippen molar-refractivity contribution in [1.82, 2.24) is 14.9 Å². The lowest BCUT2D eigenvalue weighted by molar-refractivity contribution is -0.124. The van der Waals surface area contributed by atoms with E-state index in [-0.39, 0.29) is 30.6 Å². The zero-order valence-corrected chi connectivity index (χ0v) is 26.1. The third-order valence-electron chi connectivity index (χ3n) is 7.31. The lowest BCUT2D eigenvalue weighted by atomic mass is 9.84. The van der Waals surface area contributed by atoms with Crippen molar-refractivity contribution in [3.05, 3.63) is 96.1 Å². The van der Waals surface area contributed by atoms with Crippen LogP contribution in [-0.2, 0) is 20.5 Å². The van der Waals surface area contributed by atoms with Crippen LogP contribution in [0.25, 0.3) is 0 Å². The number of amides is 2. The largest absolute Gasteiger partial charge is 0.453 e. The minimum atomic E-state index is -1.47. The second kappa shape index (κ2) is 16.8. The maximum Gasteiger partial charge on any atom is 0.407 e. The molecule has 0 aliphatic rings. The van der Waals surface area contributed by atoms with Crippen LogP contribution in [-0.4, -0.2) is 63.5 Å². The van der Waals surface area contributed by atoms with Gasteiger partial charge in [0, 0.05) is 29.7 Å². The first-order valence-corrected chi connectivity index (χ1v) is 15.7. The van der Waals surface area contributed by atoms with Gasteiger partial charge in [-0.3, -0.25) is 4.79 Å². The van der Waals surface area contributed by atoms with Crippen LogP contribution in [0.5, 0.6) is 0 Å². The molecule has 0 fully saturated rings. The smallest absolute Gasteiger partial charge is 0.407 e. The van der Waals surface area contributed by atoms with Crippen LogP contribution >= 0.6 is 0 Å². The number of nitrogens with one attached hydrogen (secondary N) is 2. The van der Waals surface area contributed by atoms with Gasteiger partial charge in [-0.1, -0.05) is 60.7 Å². The van der Waals surface area contributed by atoms with E-state index in [1.54, 1.807) is 24.3 Å². The Labute approximate surface area is 257 Å². The zero-order chi connectivity index (χ0) is 31.4. The topological polar surface area (TPSA) is 134 Å². The summed E-state index contributed by atoms with van der Waals surface area (Å²) in [6, 6.07) is 24.5. The second-order valence-corrected chi connectivity index (χ2v) is 12.3. The van der Waals surface area contributed by atoms with E-state index in [1.165, 1.54) is 7.11 Å². The molecule has 2 amide bonds. The third-order valence-corrected chi connectivity index (χ3v) is 9.09. The van der Waals surface area contributed by atoms with Crippen LogP contribution in [0.15, 0.2) is 89.8 Å². The third kappa shape index (κ3) is 9.64. The molecule has 5 N–H and O–H groups in total. The van der Waals surface area contributed by atoms with Gasteiger partial charge in [0.05, 0.1) is 18.6 Å². The Balaban J connectivity index is 1.71. The van der Waals surface area contributed by atoms with Gasteiger partial charge in [-0.25, -0.2) is 13.3 Å². The van der Waals surface area contributed by atoms with Crippen LogP contribution in [0.2, 0.25) is 0 Å². The molecule has 9 nitrogen and oxygen atoms in total. The minimum absolute atomic E-state index is 0.0780. The molecule has 0 aromatic heterocycles. The van der Waals surface area contributed by atoms with Crippen molar-refractivity contribution in [3.63, 3.8) is 0 Å². The van der Waals surface area contributed by atoms with E-state index in [4.69, 9.17) is 10.5 Å². The fourth-order valence-electron chi connectivity index (χ4n) is 5.20. The first kappa shape index (κ1) is 33.8. The first-order chi connectivity index (χ1) is 20.7. The van der Waals surface area contributed by atoms with Crippen LogP contribution < -0.4 is 16.4 Å². The van der Waals surface area contributed by atoms with E-state index < -0.39 is 29.0 Å². The molecule has 3 aromatic carbocycles. The van der Waals surface area contributed by atoms with E-state index in [1.807, 2.05) is 85.7 Å². The number of aliphatic hydroxyl groups excluding tert-OH is 1. The number of ether oxygens (including phenoxy) is 1. The molecule has 3 aromatic rings. The Morgan fingerprint density at radius 2 is 1.44 bits per heavy atom. The number of hydrogen-bond donors (Lipinski definition) is 4. The summed E-state index contributed by atoms with van der Waals surface area (Å²) in [6.07, 6.45) is 1.17. The summed E-state index contributed by atoms with van der Waals surface area (Å²) in [5.41, 5.74) is 8.15. The number of nitrogen functional groups attached to an aromatic ring is 1. The maximum atomic E-state index is 13.7. The van der Waals surface area contributed by atoms with E-state index >= 15 is 0 Å². The van der Waals surface area contributed by atoms with Crippen molar-refractivity contribution < 1.29 is 23.6 Å². The van der Waals surface area contributed by atoms with E-state index in [9.17, 15) is 18.9 Å². The number of methoxy groups -OCH3 is 1. The average Bonchev–Trinajstić information content (AvgIpc) is 3.01. The summed E-state index contributed by atoms with van der Waals surface area (Å²) in [5.74, 6) is -0.780. The SMILES string of the molecule is COC(=O)NC(C(=O)NC(C)CCCC(CO)N(C(C)C)S(=O)c1ccc(N)cc1)C(c1ccccc1)c1ccccc1. The molecule has 3 rings (SSSR count). The summed E-state index contributed by atoms with van der Waals surface area (Å²) in [6.45, 7) is 5.66. The Morgan fingerprint density at radius 1 is 0.884 bits per heavy atom. The van der Waals surface area contributed by atoms with Crippen molar-refractivity contribution in [2.75, 3.05) is 19.5 Å². The van der Waals surface area contributed by atoms with Gasteiger partial charge in [-0.15, -0.1) is 0 Å². The molecule has 0 aliphatic carbocycles. The molecule has 0 spiro atoms. The molecule has 0 saturated carbocycles. The molecule has 0 saturated heterocycles. The van der Waals surface area contributed by atoms with E-state index in [0.29, 0.717) is 29.8 Å². The highest BCUT2D eigenvalue weighted by Crippen LogP contribution is 2.29. The van der Waals surface area contributed by atoms with E-state index in [0.717, 1.165) is 11.1 Å². The highest BCUT2D eigenvalue weighted by atomic mass is 32.2. The molecular weight excluding hydrogens is 564 g/mol. The molecule has 4 unspecified atom stereocenters. The van der Waals surface area contributed by atoms with Crippen molar-refractivity contribution in [1.29, 1.82) is 0 Å². The fraction of sp³-hybridized carbons (Fsp3) is 0.394. The number of hydrogen-bond acceptors (Lipinski definition) is 6. The number of nitrogens with zero attached hydrogens (tertiary/aromatic N) is 1. The monoisotopic (exact) mass is 608 g/mol. The van der Waals surface area contributed by atoms with Crippen LogP contribution in [0.3, 0.4) is 0 Å². The Bertz CT molecular complexity index is 1270. The average molecular weight is 609 g/mol. The number of rotatable bonds is 15. The quantitative estimate of drug-likeness (QED) is 0.187. The summed E-state index contributed by atoms with van der Waals surface area (Å²) in [4.78, 5) is 26.7. The molecule has 232 valence electrons. The van der Waals surface area contributed by atoms with Crippen molar-refractivity contribution in [2.24, 2.45) is 0 Å².